The van der Waals surface area contributed by atoms with Crippen molar-refractivity contribution in [1.29, 1.82) is 0 Å². The van der Waals surface area contributed by atoms with Crippen LogP contribution in [0.2, 0.25) is 0 Å². The highest BCUT2D eigenvalue weighted by atomic mass is 79.9. The number of benzene rings is 1. The fourth-order valence-corrected chi connectivity index (χ4v) is 5.07. The highest BCUT2D eigenvalue weighted by molar-refractivity contribution is 9.11. The summed E-state index contributed by atoms with van der Waals surface area (Å²) in [6.07, 6.45) is 11.4. The van der Waals surface area contributed by atoms with Gasteiger partial charge < -0.3 is 5.32 Å². The maximum atomic E-state index is 3.73. The average molecular weight is 387 g/mol. The summed E-state index contributed by atoms with van der Waals surface area (Å²) in [5.41, 5.74) is 1.94. The number of hydrogen-bond acceptors (Lipinski definition) is 1. The summed E-state index contributed by atoms with van der Waals surface area (Å²) in [5, 5.41) is 3.73. The molecule has 2 aliphatic rings. The van der Waals surface area contributed by atoms with Crippen LogP contribution in [0.5, 0.6) is 0 Å². The Morgan fingerprint density at radius 2 is 1.53 bits per heavy atom. The van der Waals surface area contributed by atoms with E-state index in [1.54, 1.807) is 0 Å². The van der Waals surface area contributed by atoms with Gasteiger partial charge in [-0.05, 0) is 87.9 Å². The molecule has 0 bridgehead atoms. The van der Waals surface area contributed by atoms with Crippen molar-refractivity contribution in [3.8, 4) is 0 Å². The molecule has 3 rings (SSSR count). The summed E-state index contributed by atoms with van der Waals surface area (Å²) in [4.78, 5) is 0. The van der Waals surface area contributed by atoms with Gasteiger partial charge >= 0.3 is 0 Å². The highest BCUT2D eigenvalue weighted by Gasteiger charge is 2.37. The van der Waals surface area contributed by atoms with E-state index in [1.807, 2.05) is 0 Å². The van der Waals surface area contributed by atoms with E-state index in [9.17, 15) is 0 Å². The minimum atomic E-state index is 0.640. The minimum absolute atomic E-state index is 0.640. The van der Waals surface area contributed by atoms with E-state index >= 15 is 0 Å². The Balaban J connectivity index is 1.63. The second kappa shape index (κ2) is 5.77. The Labute approximate surface area is 132 Å². The third kappa shape index (κ3) is 3.02. The van der Waals surface area contributed by atoms with Crippen molar-refractivity contribution in [2.75, 3.05) is 5.32 Å². The number of halogens is 2. The Morgan fingerprint density at radius 3 is 2.11 bits per heavy atom. The van der Waals surface area contributed by atoms with Crippen molar-refractivity contribution < 1.29 is 0 Å². The van der Waals surface area contributed by atoms with E-state index in [4.69, 9.17) is 0 Å². The molecule has 1 nitrogen and oxygen atoms in total. The third-order valence-electron chi connectivity index (χ3n) is 5.02. The molecule has 0 radical (unpaired) electrons. The van der Waals surface area contributed by atoms with Gasteiger partial charge in [-0.15, -0.1) is 0 Å². The topological polar surface area (TPSA) is 12.0 Å². The molecule has 1 spiro atoms. The number of para-hydroxylation sites is 1. The van der Waals surface area contributed by atoms with Gasteiger partial charge in [0.05, 0.1) is 5.69 Å². The van der Waals surface area contributed by atoms with E-state index in [0.717, 1.165) is 14.4 Å². The van der Waals surface area contributed by atoms with Gasteiger partial charge in [0.1, 0.15) is 0 Å². The average Bonchev–Trinajstić information content (AvgIpc) is 2.85. The van der Waals surface area contributed by atoms with E-state index in [0.29, 0.717) is 6.04 Å². The predicted molar refractivity (Wildman–Crippen MR) is 88.6 cm³/mol. The van der Waals surface area contributed by atoms with Gasteiger partial charge in [-0.25, -0.2) is 0 Å². The highest BCUT2D eigenvalue weighted by Crippen LogP contribution is 2.49. The normalized spacial score (nSPS) is 22.8. The zero-order valence-corrected chi connectivity index (χ0v) is 14.4. The Bertz CT molecular complexity index is 422. The molecular weight excluding hydrogens is 366 g/mol. The monoisotopic (exact) mass is 385 g/mol. The molecule has 0 atom stereocenters. The number of anilines is 1. The van der Waals surface area contributed by atoms with Crippen LogP contribution in [0, 0.1) is 5.41 Å². The van der Waals surface area contributed by atoms with Crippen molar-refractivity contribution in [2.45, 2.75) is 57.4 Å². The number of rotatable bonds is 2. The molecule has 1 aromatic carbocycles. The van der Waals surface area contributed by atoms with Crippen LogP contribution >= 0.6 is 31.9 Å². The van der Waals surface area contributed by atoms with Gasteiger partial charge in [-0.1, -0.05) is 18.9 Å². The molecule has 0 aliphatic heterocycles. The smallest absolute Gasteiger partial charge is 0.0631 e. The Hall–Kier alpha value is -0.0200. The van der Waals surface area contributed by atoms with Crippen LogP contribution in [-0.2, 0) is 0 Å². The summed E-state index contributed by atoms with van der Waals surface area (Å²) in [7, 11) is 0. The minimum Gasteiger partial charge on any atom is -0.380 e. The van der Waals surface area contributed by atoms with Crippen LogP contribution < -0.4 is 5.32 Å². The molecule has 0 unspecified atom stereocenters. The molecule has 0 aromatic heterocycles. The van der Waals surface area contributed by atoms with Crippen molar-refractivity contribution in [3.05, 3.63) is 27.1 Å². The lowest BCUT2D eigenvalue weighted by molar-refractivity contribution is 0.188. The van der Waals surface area contributed by atoms with Gasteiger partial charge in [-0.3, -0.25) is 0 Å². The first-order valence-electron chi connectivity index (χ1n) is 7.39. The van der Waals surface area contributed by atoms with Crippen LogP contribution in [0.3, 0.4) is 0 Å². The van der Waals surface area contributed by atoms with Gasteiger partial charge in [0.2, 0.25) is 0 Å². The number of nitrogens with one attached hydrogen (secondary N) is 1. The molecule has 1 N–H and O–H groups in total. The predicted octanol–water partition coefficient (Wildman–Crippen LogP) is 6.13. The zero-order valence-electron chi connectivity index (χ0n) is 11.2. The van der Waals surface area contributed by atoms with Crippen molar-refractivity contribution in [2.24, 2.45) is 5.41 Å². The van der Waals surface area contributed by atoms with Gasteiger partial charge in [0.25, 0.3) is 0 Å². The SMILES string of the molecule is Brc1cccc(Br)c1NC1CCC2(CCCC2)CC1. The summed E-state index contributed by atoms with van der Waals surface area (Å²) >= 11 is 7.28. The van der Waals surface area contributed by atoms with E-state index in [-0.39, 0.29) is 0 Å². The molecule has 2 saturated carbocycles. The van der Waals surface area contributed by atoms with E-state index < -0.39 is 0 Å². The second-order valence-corrected chi connectivity index (χ2v) is 7.93. The molecule has 3 heteroatoms. The van der Waals surface area contributed by atoms with Crippen LogP contribution in [-0.4, -0.2) is 6.04 Å². The van der Waals surface area contributed by atoms with Crippen LogP contribution in [0.25, 0.3) is 0 Å². The fourth-order valence-electron chi connectivity index (χ4n) is 3.84. The molecular formula is C16H21Br2N. The van der Waals surface area contributed by atoms with E-state index in [2.05, 4.69) is 55.4 Å². The fraction of sp³-hybridized carbons (Fsp3) is 0.625. The summed E-state index contributed by atoms with van der Waals surface area (Å²) in [6.45, 7) is 0. The largest absolute Gasteiger partial charge is 0.380 e. The number of hydrogen-bond donors (Lipinski definition) is 1. The Morgan fingerprint density at radius 1 is 0.947 bits per heavy atom. The summed E-state index contributed by atoms with van der Waals surface area (Å²) < 4.78 is 2.31. The van der Waals surface area contributed by atoms with Gasteiger partial charge in [-0.2, -0.15) is 0 Å². The summed E-state index contributed by atoms with van der Waals surface area (Å²) in [6, 6.07) is 6.91. The van der Waals surface area contributed by atoms with Crippen molar-refractivity contribution in [1.82, 2.24) is 0 Å². The molecule has 19 heavy (non-hydrogen) atoms. The molecule has 2 fully saturated rings. The first-order chi connectivity index (χ1) is 9.19. The molecule has 0 amide bonds. The van der Waals surface area contributed by atoms with Crippen LogP contribution in [0.1, 0.15) is 51.4 Å². The standard InChI is InChI=1S/C16H21Br2N/c17-13-4-3-5-14(18)15(13)19-12-6-10-16(11-7-12)8-1-2-9-16/h3-5,12,19H,1-2,6-11H2. The third-order valence-corrected chi connectivity index (χ3v) is 6.34. The first-order valence-corrected chi connectivity index (χ1v) is 8.98. The van der Waals surface area contributed by atoms with Crippen LogP contribution in [0.4, 0.5) is 5.69 Å². The van der Waals surface area contributed by atoms with Gasteiger partial charge in [0.15, 0.2) is 0 Å². The zero-order chi connectivity index (χ0) is 13.3. The van der Waals surface area contributed by atoms with Crippen molar-refractivity contribution >= 4 is 37.5 Å². The maximum absolute atomic E-state index is 3.73. The quantitative estimate of drug-likeness (QED) is 0.644. The Kier molecular flexibility index (Phi) is 4.23. The molecule has 2 aliphatic carbocycles. The maximum Gasteiger partial charge on any atom is 0.0631 e. The molecule has 104 valence electrons. The lowest BCUT2D eigenvalue weighted by atomic mass is 9.71. The van der Waals surface area contributed by atoms with E-state index in [1.165, 1.54) is 57.1 Å². The molecule has 0 saturated heterocycles. The molecule has 0 heterocycles. The first kappa shape index (κ1) is 13.9. The lowest BCUT2D eigenvalue weighted by Crippen LogP contribution is -2.31. The van der Waals surface area contributed by atoms with Crippen molar-refractivity contribution in [3.63, 3.8) is 0 Å². The second-order valence-electron chi connectivity index (χ2n) is 6.22. The summed E-state index contributed by atoms with van der Waals surface area (Å²) in [5.74, 6) is 0. The lowest BCUT2D eigenvalue weighted by Gasteiger charge is -2.38. The van der Waals surface area contributed by atoms with Crippen LogP contribution in [0.15, 0.2) is 27.1 Å². The van der Waals surface area contributed by atoms with Gasteiger partial charge in [0, 0.05) is 15.0 Å². The molecule has 1 aromatic rings.